The van der Waals surface area contributed by atoms with Crippen molar-refractivity contribution in [2.45, 2.75) is 20.1 Å². The van der Waals surface area contributed by atoms with E-state index in [9.17, 15) is 4.79 Å². The van der Waals surface area contributed by atoms with Gasteiger partial charge in [0, 0.05) is 24.4 Å². The van der Waals surface area contributed by atoms with E-state index < -0.39 is 0 Å². The molecule has 3 aromatic rings. The number of carbonyl (C=O) groups is 1. The summed E-state index contributed by atoms with van der Waals surface area (Å²) in [5.74, 6) is 0.894. The van der Waals surface area contributed by atoms with Gasteiger partial charge in [-0.15, -0.1) is 0 Å². The quantitative estimate of drug-likeness (QED) is 0.221. The summed E-state index contributed by atoms with van der Waals surface area (Å²) < 4.78 is 12.9. The molecular formula is C22H19Cl3N2O3. The van der Waals surface area contributed by atoms with E-state index in [4.69, 9.17) is 44.3 Å². The summed E-state index contributed by atoms with van der Waals surface area (Å²) >= 11 is 18.2. The lowest BCUT2D eigenvalue weighted by molar-refractivity contribution is 0.104. The van der Waals surface area contributed by atoms with Gasteiger partial charge in [-0.25, -0.2) is 0 Å². The van der Waals surface area contributed by atoms with E-state index in [0.717, 1.165) is 11.1 Å². The number of hydrogen-bond donors (Lipinski definition) is 0. The van der Waals surface area contributed by atoms with Crippen molar-refractivity contribution in [3.05, 3.63) is 80.6 Å². The highest BCUT2D eigenvalue weighted by molar-refractivity contribution is 6.43. The number of methoxy groups -OCH3 is 1. The molecule has 0 N–H and O–H groups in total. The van der Waals surface area contributed by atoms with Crippen LogP contribution in [-0.2, 0) is 13.2 Å². The second-order valence-corrected chi connectivity index (χ2v) is 7.53. The number of aromatic nitrogens is 2. The van der Waals surface area contributed by atoms with Crippen LogP contribution in [-0.4, -0.2) is 22.7 Å². The molecule has 0 bridgehead atoms. The lowest BCUT2D eigenvalue weighted by Gasteiger charge is -2.13. The minimum Gasteiger partial charge on any atom is -0.496 e. The fourth-order valence-electron chi connectivity index (χ4n) is 2.71. The lowest BCUT2D eigenvalue weighted by atomic mass is 10.1. The average Bonchev–Trinajstić information content (AvgIpc) is 3.23. The fourth-order valence-corrected chi connectivity index (χ4v) is 3.30. The Morgan fingerprint density at radius 3 is 2.53 bits per heavy atom. The molecule has 30 heavy (non-hydrogen) atoms. The van der Waals surface area contributed by atoms with E-state index in [0.29, 0.717) is 38.8 Å². The Hall–Kier alpha value is -2.47. The highest BCUT2D eigenvalue weighted by atomic mass is 35.5. The molecule has 0 radical (unpaired) electrons. The second-order valence-electron chi connectivity index (χ2n) is 6.31. The second kappa shape index (κ2) is 10.0. The molecule has 8 heteroatoms. The number of allylic oxidation sites excluding steroid dienone is 1. The third-order valence-electron chi connectivity index (χ3n) is 4.31. The summed E-state index contributed by atoms with van der Waals surface area (Å²) in [6.07, 6.45) is 4.99. The van der Waals surface area contributed by atoms with Crippen molar-refractivity contribution < 1.29 is 14.3 Å². The number of benzene rings is 2. The average molecular weight is 466 g/mol. The SMILES string of the molecule is CCn1ccc(C(=O)/C=C/c2ccc(OC)c(COc3cc(Cl)c(Cl)cc3Cl)c2)n1. The molecule has 156 valence electrons. The summed E-state index contributed by atoms with van der Waals surface area (Å²) in [5.41, 5.74) is 2.00. The Bertz CT molecular complexity index is 1090. The van der Waals surface area contributed by atoms with E-state index in [1.54, 1.807) is 36.2 Å². The van der Waals surface area contributed by atoms with Gasteiger partial charge in [-0.2, -0.15) is 5.10 Å². The molecule has 0 unspecified atom stereocenters. The van der Waals surface area contributed by atoms with Crippen LogP contribution in [0.4, 0.5) is 0 Å². The molecule has 1 aromatic heterocycles. The summed E-state index contributed by atoms with van der Waals surface area (Å²) in [4.78, 5) is 12.3. The molecular weight excluding hydrogens is 447 g/mol. The van der Waals surface area contributed by atoms with Gasteiger partial charge in [-0.1, -0.05) is 46.9 Å². The molecule has 5 nitrogen and oxygen atoms in total. The monoisotopic (exact) mass is 464 g/mol. The maximum Gasteiger partial charge on any atom is 0.206 e. The van der Waals surface area contributed by atoms with Crippen LogP contribution < -0.4 is 9.47 Å². The molecule has 3 rings (SSSR count). The first-order valence-corrected chi connectivity index (χ1v) is 10.2. The van der Waals surface area contributed by atoms with Gasteiger partial charge in [0.05, 0.1) is 22.2 Å². The molecule has 0 saturated heterocycles. The highest BCUT2D eigenvalue weighted by Crippen LogP contribution is 2.34. The zero-order valence-electron chi connectivity index (χ0n) is 16.4. The Morgan fingerprint density at radius 1 is 1.07 bits per heavy atom. The Kier molecular flexibility index (Phi) is 7.43. The summed E-state index contributed by atoms with van der Waals surface area (Å²) in [6, 6.07) is 10.3. The van der Waals surface area contributed by atoms with E-state index in [-0.39, 0.29) is 12.4 Å². The van der Waals surface area contributed by atoms with Crippen molar-refractivity contribution in [1.82, 2.24) is 9.78 Å². The minimum absolute atomic E-state index is 0.168. The number of ether oxygens (including phenoxy) is 2. The van der Waals surface area contributed by atoms with E-state index >= 15 is 0 Å². The first-order valence-electron chi connectivity index (χ1n) is 9.11. The van der Waals surface area contributed by atoms with Crippen LogP contribution in [0.3, 0.4) is 0 Å². The van der Waals surface area contributed by atoms with Crippen molar-refractivity contribution in [3.63, 3.8) is 0 Å². The van der Waals surface area contributed by atoms with Crippen LogP contribution >= 0.6 is 34.8 Å². The number of aryl methyl sites for hydroxylation is 1. The standard InChI is InChI=1S/C22H19Cl3N2O3/c1-3-27-9-8-19(26-27)20(28)6-4-14-5-7-21(29-2)15(10-14)13-30-22-12-17(24)16(23)11-18(22)25/h4-12H,3,13H2,1-2H3/b6-4+. The Labute approximate surface area is 189 Å². The van der Waals surface area contributed by atoms with Gasteiger partial charge in [0.15, 0.2) is 0 Å². The maximum absolute atomic E-state index is 12.3. The smallest absolute Gasteiger partial charge is 0.206 e. The zero-order chi connectivity index (χ0) is 21.7. The van der Waals surface area contributed by atoms with Crippen molar-refractivity contribution in [3.8, 4) is 11.5 Å². The third kappa shape index (κ3) is 5.36. The predicted octanol–water partition coefficient (Wildman–Crippen LogP) is 6.35. The van der Waals surface area contributed by atoms with Crippen molar-refractivity contribution in [2.75, 3.05) is 7.11 Å². The molecule has 0 aliphatic carbocycles. The van der Waals surface area contributed by atoms with E-state index in [2.05, 4.69) is 5.10 Å². The van der Waals surface area contributed by atoms with Gasteiger partial charge in [0.2, 0.25) is 5.78 Å². The Morgan fingerprint density at radius 2 is 1.83 bits per heavy atom. The zero-order valence-corrected chi connectivity index (χ0v) is 18.6. The fraction of sp³-hybridized carbons (Fsp3) is 0.182. The van der Waals surface area contributed by atoms with Crippen LogP contribution in [0.5, 0.6) is 11.5 Å². The van der Waals surface area contributed by atoms with E-state index in [1.807, 2.05) is 25.1 Å². The molecule has 1 heterocycles. The minimum atomic E-state index is -0.168. The molecule has 0 fully saturated rings. The summed E-state index contributed by atoms with van der Waals surface area (Å²) in [5, 5.41) is 5.28. The maximum atomic E-state index is 12.3. The van der Waals surface area contributed by atoms with Crippen LogP contribution in [0.2, 0.25) is 15.1 Å². The first kappa shape index (κ1) is 22.2. The van der Waals surface area contributed by atoms with Crippen molar-refractivity contribution >= 4 is 46.7 Å². The van der Waals surface area contributed by atoms with Gasteiger partial charge >= 0.3 is 0 Å². The molecule has 0 atom stereocenters. The molecule has 0 aliphatic heterocycles. The van der Waals surface area contributed by atoms with E-state index in [1.165, 1.54) is 12.1 Å². The van der Waals surface area contributed by atoms with Gasteiger partial charge in [0.1, 0.15) is 23.8 Å². The van der Waals surface area contributed by atoms with Crippen LogP contribution in [0.15, 0.2) is 48.7 Å². The lowest BCUT2D eigenvalue weighted by Crippen LogP contribution is -2.01. The Balaban J connectivity index is 1.76. The molecule has 0 spiro atoms. The summed E-state index contributed by atoms with van der Waals surface area (Å²) in [6.45, 7) is 2.86. The van der Waals surface area contributed by atoms with Crippen molar-refractivity contribution in [1.29, 1.82) is 0 Å². The topological polar surface area (TPSA) is 53.4 Å². The number of halogens is 3. The van der Waals surface area contributed by atoms with Crippen LogP contribution in [0, 0.1) is 0 Å². The van der Waals surface area contributed by atoms with Gasteiger partial charge in [-0.3, -0.25) is 9.48 Å². The van der Waals surface area contributed by atoms with Gasteiger partial charge in [0.25, 0.3) is 0 Å². The third-order valence-corrected chi connectivity index (χ3v) is 5.32. The number of rotatable bonds is 8. The number of nitrogens with zero attached hydrogens (tertiary/aromatic N) is 2. The number of carbonyl (C=O) groups excluding carboxylic acids is 1. The number of hydrogen-bond acceptors (Lipinski definition) is 4. The molecule has 0 amide bonds. The molecule has 2 aromatic carbocycles. The normalized spacial score (nSPS) is 11.1. The van der Waals surface area contributed by atoms with Crippen LogP contribution in [0.25, 0.3) is 6.08 Å². The van der Waals surface area contributed by atoms with Gasteiger partial charge in [-0.05, 0) is 42.8 Å². The predicted molar refractivity (Wildman–Crippen MR) is 120 cm³/mol. The number of ketones is 1. The van der Waals surface area contributed by atoms with Crippen molar-refractivity contribution in [2.24, 2.45) is 0 Å². The van der Waals surface area contributed by atoms with Gasteiger partial charge < -0.3 is 9.47 Å². The first-order chi connectivity index (χ1) is 14.4. The summed E-state index contributed by atoms with van der Waals surface area (Å²) in [7, 11) is 1.58. The molecule has 0 saturated carbocycles. The highest BCUT2D eigenvalue weighted by Gasteiger charge is 2.11. The molecule has 0 aliphatic rings. The largest absolute Gasteiger partial charge is 0.496 e. The van der Waals surface area contributed by atoms with Crippen LogP contribution in [0.1, 0.15) is 28.5 Å².